The smallest absolute Gasteiger partial charge is 0.407 e. The Bertz CT molecular complexity index is 2660. The summed E-state index contributed by atoms with van der Waals surface area (Å²) in [6, 6.07) is 29.8. The number of hydrogen-bond acceptors (Lipinski definition) is 8. The molecule has 13 nitrogen and oxygen atoms in total. The van der Waals surface area contributed by atoms with E-state index >= 15 is 0 Å². The highest BCUT2D eigenvalue weighted by Crippen LogP contribution is 2.51. The molecule has 3 amide bonds. The van der Waals surface area contributed by atoms with E-state index in [2.05, 4.69) is 32.4 Å². The van der Waals surface area contributed by atoms with Gasteiger partial charge in [0.25, 0.3) is 5.91 Å². The van der Waals surface area contributed by atoms with Gasteiger partial charge in [0.05, 0.1) is 52.9 Å². The van der Waals surface area contributed by atoms with E-state index in [1.165, 1.54) is 7.11 Å². The number of hydrogen-bond donors (Lipinski definition) is 3. The molecule has 3 aromatic heterocycles. The average molecular weight is 775 g/mol. The first-order valence-electron chi connectivity index (χ1n) is 19.9. The van der Waals surface area contributed by atoms with Gasteiger partial charge in [-0.05, 0) is 80.0 Å². The van der Waals surface area contributed by atoms with Gasteiger partial charge in [0.15, 0.2) is 5.76 Å². The van der Waals surface area contributed by atoms with E-state index < -0.39 is 17.6 Å². The third-order valence-electron chi connectivity index (χ3n) is 12.0. The lowest BCUT2D eigenvalue weighted by Gasteiger charge is -2.28. The van der Waals surface area contributed by atoms with Crippen LogP contribution in [0.25, 0.3) is 44.8 Å². The molecule has 0 unspecified atom stereocenters. The van der Waals surface area contributed by atoms with E-state index in [9.17, 15) is 14.4 Å². The van der Waals surface area contributed by atoms with Gasteiger partial charge in [0.1, 0.15) is 23.2 Å². The molecule has 3 atom stereocenters. The van der Waals surface area contributed by atoms with E-state index in [4.69, 9.17) is 19.1 Å². The van der Waals surface area contributed by atoms with E-state index in [0.29, 0.717) is 41.5 Å². The summed E-state index contributed by atoms with van der Waals surface area (Å²) in [5, 5.41) is 2.72. The normalized spacial score (nSPS) is 19.1. The number of carbonyl (C=O) groups is 3. The molecule has 4 aromatic carbocycles. The molecule has 10 rings (SSSR count). The fraction of sp³-hybridized carbons (Fsp3) is 0.289. The van der Waals surface area contributed by atoms with Crippen molar-refractivity contribution in [3.8, 4) is 22.8 Å². The van der Waals surface area contributed by atoms with Crippen LogP contribution >= 0.6 is 0 Å². The predicted octanol–water partition coefficient (Wildman–Crippen LogP) is 7.92. The van der Waals surface area contributed by atoms with Crippen LogP contribution in [0.4, 0.5) is 4.79 Å². The molecule has 3 N–H and O–H groups in total. The second kappa shape index (κ2) is 14.3. The number of likely N-dealkylation sites (tertiary alicyclic amines) is 2. The Morgan fingerprint density at radius 1 is 0.828 bits per heavy atom. The first-order chi connectivity index (χ1) is 28.4. The maximum Gasteiger partial charge on any atom is 0.407 e. The molecule has 0 radical (unpaired) electrons. The number of carbonyl (C=O) groups excluding carboxylic acids is 3. The number of aromatic amines is 2. The van der Waals surface area contributed by atoms with Crippen molar-refractivity contribution in [3.05, 3.63) is 126 Å². The summed E-state index contributed by atoms with van der Waals surface area (Å²) in [5.74, 6) is 2.44. The van der Waals surface area contributed by atoms with Crippen LogP contribution in [-0.4, -0.2) is 72.8 Å². The number of nitrogens with zero attached hydrogens (tertiary/aromatic N) is 5. The fourth-order valence-electron chi connectivity index (χ4n) is 8.92. The number of benzene rings is 4. The van der Waals surface area contributed by atoms with E-state index in [0.717, 1.165) is 77.7 Å². The second-order valence-electron chi connectivity index (χ2n) is 15.5. The highest BCUT2D eigenvalue weighted by molar-refractivity contribution is 5.93. The zero-order chi connectivity index (χ0) is 39.4. The van der Waals surface area contributed by atoms with Gasteiger partial charge in [0.2, 0.25) is 11.8 Å². The zero-order valence-electron chi connectivity index (χ0n) is 32.0. The minimum atomic E-state index is -0.908. The van der Waals surface area contributed by atoms with Crippen molar-refractivity contribution < 1.29 is 23.5 Å². The largest absolute Gasteiger partial charge is 0.453 e. The summed E-state index contributed by atoms with van der Waals surface area (Å²) in [6.45, 7) is 1.25. The van der Waals surface area contributed by atoms with Crippen LogP contribution in [0.1, 0.15) is 79.4 Å². The highest BCUT2D eigenvalue weighted by Gasteiger charge is 2.54. The van der Waals surface area contributed by atoms with Crippen LogP contribution < -0.4 is 5.32 Å². The van der Waals surface area contributed by atoms with Crippen molar-refractivity contribution in [3.63, 3.8) is 0 Å². The Morgan fingerprint density at radius 3 is 2.29 bits per heavy atom. The zero-order valence-corrected chi connectivity index (χ0v) is 32.0. The minimum absolute atomic E-state index is 0.100. The summed E-state index contributed by atoms with van der Waals surface area (Å²) in [5.41, 5.74) is 6.07. The van der Waals surface area contributed by atoms with Crippen LogP contribution in [0, 0.1) is 0 Å². The van der Waals surface area contributed by atoms with Gasteiger partial charge in [-0.15, -0.1) is 0 Å². The lowest BCUT2D eigenvalue weighted by atomic mass is 9.94. The first-order valence-corrected chi connectivity index (χ1v) is 19.9. The summed E-state index contributed by atoms with van der Waals surface area (Å²) in [7, 11) is 1.28. The SMILES string of the molecule is COC(=O)N[C@@H](C(=O)N1CCC[C@H]1c1nc2c(-c3ncc(-c4ccc5nc([C@@H]6CCCN6C(=O)C6(c7ccccc7)CC6)[nH]c5c4)o3)cccc2[nH]1)c1ccccc1. The maximum atomic E-state index is 14.1. The molecule has 1 saturated carbocycles. The predicted molar refractivity (Wildman–Crippen MR) is 216 cm³/mol. The van der Waals surface area contributed by atoms with Crippen LogP contribution in [0.2, 0.25) is 0 Å². The van der Waals surface area contributed by atoms with Crippen molar-refractivity contribution in [2.45, 2.75) is 62.1 Å². The van der Waals surface area contributed by atoms with E-state index in [-0.39, 0.29) is 23.9 Å². The Morgan fingerprint density at radius 2 is 1.53 bits per heavy atom. The van der Waals surface area contributed by atoms with Crippen LogP contribution in [-0.2, 0) is 19.7 Å². The summed E-state index contributed by atoms with van der Waals surface area (Å²) in [6.07, 6.45) is 6.10. The molecule has 3 aliphatic rings. The van der Waals surface area contributed by atoms with Crippen LogP contribution in [0.5, 0.6) is 0 Å². The van der Waals surface area contributed by atoms with Gasteiger partial charge in [-0.3, -0.25) is 9.59 Å². The van der Waals surface area contributed by atoms with Gasteiger partial charge in [-0.25, -0.2) is 19.7 Å². The molecule has 5 heterocycles. The molecule has 58 heavy (non-hydrogen) atoms. The topological polar surface area (TPSA) is 162 Å². The number of ether oxygens (including phenoxy) is 1. The second-order valence-corrected chi connectivity index (χ2v) is 15.5. The molecule has 13 heteroatoms. The minimum Gasteiger partial charge on any atom is -0.453 e. The van der Waals surface area contributed by atoms with E-state index in [1.807, 2.05) is 89.8 Å². The molecule has 3 fully saturated rings. The van der Waals surface area contributed by atoms with Gasteiger partial charge in [-0.1, -0.05) is 66.7 Å². The van der Waals surface area contributed by atoms with Crippen molar-refractivity contribution in [2.24, 2.45) is 0 Å². The Balaban J connectivity index is 0.895. The van der Waals surface area contributed by atoms with E-state index in [1.54, 1.807) is 11.1 Å². The molecule has 2 aliphatic heterocycles. The van der Waals surface area contributed by atoms with Crippen molar-refractivity contribution in [1.29, 1.82) is 0 Å². The molecule has 0 bridgehead atoms. The number of H-pyrrole nitrogens is 2. The number of oxazole rings is 1. The quantitative estimate of drug-likeness (QED) is 0.133. The number of nitrogens with one attached hydrogen (secondary N) is 3. The van der Waals surface area contributed by atoms with Crippen molar-refractivity contribution in [2.75, 3.05) is 20.2 Å². The van der Waals surface area contributed by atoms with Crippen molar-refractivity contribution >= 4 is 40.0 Å². The van der Waals surface area contributed by atoms with Crippen LogP contribution in [0.15, 0.2) is 108 Å². The number of alkyl carbamates (subject to hydrolysis) is 1. The van der Waals surface area contributed by atoms with Gasteiger partial charge >= 0.3 is 6.09 Å². The standard InChI is InChI=1S/C45H42N8O5/c1-57-44(56)51-37(27-11-4-2-5-12-27)42(54)52-23-9-17-34(52)40-48-32-16-8-15-30(38(32)50-40)41-46-26-36(58-41)28-19-20-31-33(25-28)49-39(47-31)35-18-10-24-53(35)43(55)45(21-22-45)29-13-6-3-7-14-29/h2-8,11-16,19-20,25-26,34-35,37H,9-10,17-18,21-24H2,1H3,(H,47,49)(H,48,50)(H,51,56)/t34-,35-,37+/m0/s1. The third kappa shape index (κ3) is 6.17. The number of para-hydroxylation sites is 1. The molecule has 7 aromatic rings. The molecule has 0 spiro atoms. The number of fused-ring (bicyclic) bond motifs is 2. The lowest BCUT2D eigenvalue weighted by Crippen LogP contribution is -2.42. The number of rotatable bonds is 9. The Labute approximate surface area is 333 Å². The summed E-state index contributed by atoms with van der Waals surface area (Å²) >= 11 is 0. The monoisotopic (exact) mass is 774 g/mol. The molecule has 2 saturated heterocycles. The first kappa shape index (κ1) is 35.6. The summed E-state index contributed by atoms with van der Waals surface area (Å²) < 4.78 is 11.3. The Hall–Kier alpha value is -6.76. The van der Waals surface area contributed by atoms with Crippen LogP contribution in [0.3, 0.4) is 0 Å². The average Bonchev–Trinajstić information content (AvgIpc) is 3.91. The summed E-state index contributed by atoms with van der Waals surface area (Å²) in [4.78, 5) is 65.9. The number of amides is 3. The number of aromatic nitrogens is 5. The highest BCUT2D eigenvalue weighted by atomic mass is 16.5. The molecular weight excluding hydrogens is 733 g/mol. The molecule has 292 valence electrons. The van der Waals surface area contributed by atoms with Crippen molar-refractivity contribution in [1.82, 2.24) is 40.0 Å². The van der Waals surface area contributed by atoms with Gasteiger partial charge in [-0.2, -0.15) is 0 Å². The van der Waals surface area contributed by atoms with Gasteiger partial charge in [0, 0.05) is 18.7 Å². The number of imidazole rings is 2. The molecule has 1 aliphatic carbocycles. The third-order valence-corrected chi connectivity index (χ3v) is 12.0. The fourth-order valence-corrected chi connectivity index (χ4v) is 8.92. The van der Waals surface area contributed by atoms with Gasteiger partial charge < -0.3 is 34.2 Å². The maximum absolute atomic E-state index is 14.1. The molecular formula is C45H42N8O5. The Kier molecular flexibility index (Phi) is 8.80. The number of methoxy groups -OCH3 is 1. The lowest BCUT2D eigenvalue weighted by molar-refractivity contribution is -0.135.